The number of nitrogens with zero attached hydrogens (tertiary/aromatic N) is 2. The fourth-order valence-corrected chi connectivity index (χ4v) is 2.99. The van der Waals surface area contributed by atoms with Crippen molar-refractivity contribution in [3.05, 3.63) is 51.5 Å². The molecule has 0 aliphatic carbocycles. The van der Waals surface area contributed by atoms with Gasteiger partial charge in [-0.05, 0) is 26.5 Å². The third-order valence-electron chi connectivity index (χ3n) is 3.18. The number of hydrogen-bond donors (Lipinski definition) is 1. The Kier molecular flexibility index (Phi) is 5.47. The summed E-state index contributed by atoms with van der Waals surface area (Å²) in [4.78, 5) is 19.3. The van der Waals surface area contributed by atoms with Crippen molar-refractivity contribution in [3.8, 4) is 0 Å². The van der Waals surface area contributed by atoms with Gasteiger partial charge in [0.1, 0.15) is 4.88 Å². The molecule has 0 aliphatic rings. The van der Waals surface area contributed by atoms with Gasteiger partial charge in [0.05, 0.1) is 10.7 Å². The highest BCUT2D eigenvalue weighted by atomic mass is 32.1. The Morgan fingerprint density at radius 2 is 2.00 bits per heavy atom. The Bertz CT molecular complexity index is 595. The van der Waals surface area contributed by atoms with E-state index < -0.39 is 0 Å². The largest absolute Gasteiger partial charge is 0.350 e. The third-order valence-corrected chi connectivity index (χ3v) is 4.26. The molecule has 1 aromatic heterocycles. The number of aromatic nitrogens is 1. The van der Waals surface area contributed by atoms with Crippen LogP contribution in [0.25, 0.3) is 0 Å². The second kappa shape index (κ2) is 7.33. The average Bonchev–Trinajstić information content (AvgIpc) is 2.79. The first-order valence-corrected chi connectivity index (χ1v) is 7.82. The number of carbonyl (C=O) groups excluding carboxylic acids is 1. The first-order valence-electron chi connectivity index (χ1n) is 7.01. The van der Waals surface area contributed by atoms with Gasteiger partial charge in [-0.2, -0.15) is 0 Å². The first-order chi connectivity index (χ1) is 10.1. The van der Waals surface area contributed by atoms with E-state index in [1.54, 1.807) is 0 Å². The van der Waals surface area contributed by atoms with Crippen molar-refractivity contribution in [1.82, 2.24) is 15.2 Å². The molecule has 0 aliphatic heterocycles. The van der Waals surface area contributed by atoms with Crippen LogP contribution in [0.4, 0.5) is 0 Å². The summed E-state index contributed by atoms with van der Waals surface area (Å²) >= 11 is 1.45. The zero-order valence-electron chi connectivity index (χ0n) is 12.7. The van der Waals surface area contributed by atoms with E-state index >= 15 is 0 Å². The Morgan fingerprint density at radius 3 is 2.62 bits per heavy atom. The molecule has 1 aromatic carbocycles. The van der Waals surface area contributed by atoms with Crippen molar-refractivity contribution < 1.29 is 4.79 Å². The standard InChI is InChI=1S/C16H21N3OS/c1-12-15(21-13(2)18-12)16(20)17-9-10-19(3)11-14-7-5-4-6-8-14/h4-8H,9-11H2,1-3H3,(H,17,20). The molecule has 4 nitrogen and oxygen atoms in total. The van der Waals surface area contributed by atoms with Crippen LogP contribution >= 0.6 is 11.3 Å². The molecule has 0 radical (unpaired) electrons. The second-order valence-corrected chi connectivity index (χ2v) is 6.33. The summed E-state index contributed by atoms with van der Waals surface area (Å²) < 4.78 is 0. The monoisotopic (exact) mass is 303 g/mol. The van der Waals surface area contributed by atoms with E-state index in [-0.39, 0.29) is 5.91 Å². The van der Waals surface area contributed by atoms with Crippen LogP contribution in [0.15, 0.2) is 30.3 Å². The topological polar surface area (TPSA) is 45.2 Å². The summed E-state index contributed by atoms with van der Waals surface area (Å²) in [5.41, 5.74) is 2.09. The number of carbonyl (C=O) groups is 1. The minimum Gasteiger partial charge on any atom is -0.350 e. The molecule has 0 saturated heterocycles. The van der Waals surface area contributed by atoms with Crippen LogP contribution < -0.4 is 5.32 Å². The van der Waals surface area contributed by atoms with Crippen LogP contribution in [0.1, 0.15) is 25.9 Å². The second-order valence-electron chi connectivity index (χ2n) is 5.13. The average molecular weight is 303 g/mol. The molecule has 0 saturated carbocycles. The summed E-state index contributed by atoms with van der Waals surface area (Å²) in [6.45, 7) is 6.13. The number of nitrogens with one attached hydrogen (secondary N) is 1. The van der Waals surface area contributed by atoms with E-state index in [1.807, 2.05) is 32.0 Å². The van der Waals surface area contributed by atoms with Gasteiger partial charge < -0.3 is 10.2 Å². The molecule has 0 atom stereocenters. The van der Waals surface area contributed by atoms with Crippen molar-refractivity contribution in [2.45, 2.75) is 20.4 Å². The van der Waals surface area contributed by atoms with Gasteiger partial charge in [-0.25, -0.2) is 4.98 Å². The van der Waals surface area contributed by atoms with Gasteiger partial charge in [-0.1, -0.05) is 30.3 Å². The Hall–Kier alpha value is -1.72. The molecular formula is C16H21N3OS. The molecular weight excluding hydrogens is 282 g/mol. The molecule has 0 fully saturated rings. The zero-order valence-corrected chi connectivity index (χ0v) is 13.5. The van der Waals surface area contributed by atoms with E-state index in [2.05, 4.69) is 34.4 Å². The molecule has 2 rings (SSSR count). The molecule has 5 heteroatoms. The molecule has 1 amide bonds. The van der Waals surface area contributed by atoms with E-state index in [1.165, 1.54) is 16.9 Å². The van der Waals surface area contributed by atoms with Gasteiger partial charge >= 0.3 is 0 Å². The molecule has 1 N–H and O–H groups in total. The Balaban J connectivity index is 1.76. The van der Waals surface area contributed by atoms with Gasteiger partial charge in [0, 0.05) is 19.6 Å². The first kappa shape index (κ1) is 15.7. The SMILES string of the molecule is Cc1nc(C)c(C(=O)NCCN(C)Cc2ccccc2)s1. The van der Waals surface area contributed by atoms with Crippen LogP contribution in [0.5, 0.6) is 0 Å². The summed E-state index contributed by atoms with van der Waals surface area (Å²) in [6.07, 6.45) is 0. The maximum atomic E-state index is 12.1. The van der Waals surface area contributed by atoms with Crippen molar-refractivity contribution in [3.63, 3.8) is 0 Å². The lowest BCUT2D eigenvalue weighted by molar-refractivity contribution is 0.0953. The number of benzene rings is 1. The predicted molar refractivity (Wildman–Crippen MR) is 86.7 cm³/mol. The molecule has 21 heavy (non-hydrogen) atoms. The number of likely N-dealkylation sites (N-methyl/N-ethyl adjacent to an activating group) is 1. The minimum atomic E-state index is -0.0220. The maximum Gasteiger partial charge on any atom is 0.263 e. The number of hydrogen-bond acceptors (Lipinski definition) is 4. The highest BCUT2D eigenvalue weighted by Gasteiger charge is 2.13. The van der Waals surface area contributed by atoms with E-state index in [4.69, 9.17) is 0 Å². The summed E-state index contributed by atoms with van der Waals surface area (Å²) in [5.74, 6) is -0.0220. The van der Waals surface area contributed by atoms with Crippen LogP contribution in [0, 0.1) is 13.8 Å². The van der Waals surface area contributed by atoms with Gasteiger partial charge in [-0.15, -0.1) is 11.3 Å². The molecule has 2 aromatic rings. The van der Waals surface area contributed by atoms with Crippen molar-refractivity contribution in [1.29, 1.82) is 0 Å². The molecule has 0 bridgehead atoms. The number of rotatable bonds is 6. The lowest BCUT2D eigenvalue weighted by atomic mass is 10.2. The number of thiazole rings is 1. The van der Waals surface area contributed by atoms with Gasteiger partial charge in [0.25, 0.3) is 5.91 Å². The summed E-state index contributed by atoms with van der Waals surface area (Å²) in [5, 5.41) is 3.89. The van der Waals surface area contributed by atoms with Crippen LogP contribution in [-0.4, -0.2) is 35.9 Å². The number of amides is 1. The quantitative estimate of drug-likeness (QED) is 0.892. The smallest absolute Gasteiger partial charge is 0.263 e. The Morgan fingerprint density at radius 1 is 1.29 bits per heavy atom. The van der Waals surface area contributed by atoms with Crippen LogP contribution in [0.3, 0.4) is 0 Å². The maximum absolute atomic E-state index is 12.1. The van der Waals surface area contributed by atoms with E-state index in [9.17, 15) is 4.79 Å². The van der Waals surface area contributed by atoms with E-state index in [0.29, 0.717) is 6.54 Å². The van der Waals surface area contributed by atoms with E-state index in [0.717, 1.165) is 28.7 Å². The Labute approximate surface area is 129 Å². The highest BCUT2D eigenvalue weighted by molar-refractivity contribution is 7.13. The lowest BCUT2D eigenvalue weighted by Gasteiger charge is -2.16. The van der Waals surface area contributed by atoms with Crippen LogP contribution in [-0.2, 0) is 6.54 Å². The van der Waals surface area contributed by atoms with Gasteiger partial charge in [0.2, 0.25) is 0 Å². The third kappa shape index (κ3) is 4.65. The summed E-state index contributed by atoms with van der Waals surface area (Å²) in [7, 11) is 2.06. The van der Waals surface area contributed by atoms with Crippen LogP contribution in [0.2, 0.25) is 0 Å². The molecule has 0 spiro atoms. The minimum absolute atomic E-state index is 0.0220. The molecule has 1 heterocycles. The molecule has 0 unspecified atom stereocenters. The fraction of sp³-hybridized carbons (Fsp3) is 0.375. The van der Waals surface area contributed by atoms with Crippen molar-refractivity contribution in [2.24, 2.45) is 0 Å². The summed E-state index contributed by atoms with van der Waals surface area (Å²) in [6, 6.07) is 10.3. The normalized spacial score (nSPS) is 10.9. The highest BCUT2D eigenvalue weighted by Crippen LogP contribution is 2.16. The zero-order chi connectivity index (χ0) is 15.2. The fourth-order valence-electron chi connectivity index (χ4n) is 2.16. The van der Waals surface area contributed by atoms with Crippen molar-refractivity contribution in [2.75, 3.05) is 20.1 Å². The number of aryl methyl sites for hydroxylation is 2. The predicted octanol–water partition coefficient (Wildman–Crippen LogP) is 2.62. The van der Waals surface area contributed by atoms with Gasteiger partial charge in [0.15, 0.2) is 0 Å². The van der Waals surface area contributed by atoms with Gasteiger partial charge in [-0.3, -0.25) is 4.79 Å². The lowest BCUT2D eigenvalue weighted by Crippen LogP contribution is -2.32. The molecule has 112 valence electrons. The van der Waals surface area contributed by atoms with Crippen molar-refractivity contribution >= 4 is 17.2 Å².